The molecule has 22 heavy (non-hydrogen) atoms. The monoisotopic (exact) mass is 317 g/mol. The Bertz CT molecular complexity index is 536. The Morgan fingerprint density at radius 1 is 1.32 bits per heavy atom. The lowest BCUT2D eigenvalue weighted by Gasteiger charge is -2.33. The fraction of sp³-hybridized carbons (Fsp3) is 0.412. The predicted molar refractivity (Wildman–Crippen MR) is 94.8 cm³/mol. The van der Waals surface area contributed by atoms with E-state index in [4.69, 9.17) is 12.2 Å². The van der Waals surface area contributed by atoms with E-state index in [9.17, 15) is 4.79 Å². The average molecular weight is 317 g/mol. The molecule has 1 aromatic rings. The SMILES string of the molecule is C=C(C)CNC(=S)N1CCC(C(=O)Nc2ccccc2)CC1. The molecule has 0 unspecified atom stereocenters. The minimum atomic E-state index is 0.0559. The Hall–Kier alpha value is -1.88. The van der Waals surface area contributed by atoms with Gasteiger partial charge in [-0.05, 0) is 44.1 Å². The summed E-state index contributed by atoms with van der Waals surface area (Å²) >= 11 is 5.37. The minimum Gasteiger partial charge on any atom is -0.359 e. The van der Waals surface area contributed by atoms with Crippen molar-refractivity contribution in [1.82, 2.24) is 10.2 Å². The van der Waals surface area contributed by atoms with Gasteiger partial charge in [-0.25, -0.2) is 0 Å². The molecule has 5 heteroatoms. The molecular weight excluding hydrogens is 294 g/mol. The molecule has 1 amide bonds. The number of nitrogens with zero attached hydrogens (tertiary/aromatic N) is 1. The van der Waals surface area contributed by atoms with Crippen LogP contribution < -0.4 is 10.6 Å². The molecule has 0 aliphatic carbocycles. The van der Waals surface area contributed by atoms with Gasteiger partial charge in [-0.2, -0.15) is 0 Å². The van der Waals surface area contributed by atoms with Crippen molar-refractivity contribution in [3.05, 3.63) is 42.5 Å². The number of anilines is 1. The maximum atomic E-state index is 12.3. The van der Waals surface area contributed by atoms with E-state index in [0.717, 1.165) is 42.3 Å². The Morgan fingerprint density at radius 2 is 1.95 bits per heavy atom. The van der Waals surface area contributed by atoms with Gasteiger partial charge in [0, 0.05) is 31.2 Å². The highest BCUT2D eigenvalue weighted by Crippen LogP contribution is 2.19. The van der Waals surface area contributed by atoms with Crippen LogP contribution in [0.1, 0.15) is 19.8 Å². The van der Waals surface area contributed by atoms with Crippen LogP contribution in [0.15, 0.2) is 42.5 Å². The number of likely N-dealkylation sites (tertiary alicyclic amines) is 1. The van der Waals surface area contributed by atoms with Crippen molar-refractivity contribution in [2.45, 2.75) is 19.8 Å². The number of para-hydroxylation sites is 1. The third-order valence-corrected chi connectivity index (χ3v) is 4.14. The van der Waals surface area contributed by atoms with Crippen LogP contribution in [0.2, 0.25) is 0 Å². The van der Waals surface area contributed by atoms with Gasteiger partial charge in [0.25, 0.3) is 0 Å². The van der Waals surface area contributed by atoms with Gasteiger partial charge in [-0.1, -0.05) is 30.4 Å². The zero-order chi connectivity index (χ0) is 15.9. The first-order valence-corrected chi connectivity index (χ1v) is 8.00. The van der Waals surface area contributed by atoms with Gasteiger partial charge in [-0.3, -0.25) is 4.79 Å². The van der Waals surface area contributed by atoms with E-state index in [1.807, 2.05) is 37.3 Å². The van der Waals surface area contributed by atoms with Crippen molar-refractivity contribution in [3.63, 3.8) is 0 Å². The van der Waals surface area contributed by atoms with E-state index in [-0.39, 0.29) is 11.8 Å². The summed E-state index contributed by atoms with van der Waals surface area (Å²) in [5.74, 6) is 0.159. The highest BCUT2D eigenvalue weighted by molar-refractivity contribution is 7.80. The van der Waals surface area contributed by atoms with Gasteiger partial charge in [0.1, 0.15) is 0 Å². The fourth-order valence-electron chi connectivity index (χ4n) is 2.45. The molecule has 4 nitrogen and oxygen atoms in total. The lowest BCUT2D eigenvalue weighted by Crippen LogP contribution is -2.46. The summed E-state index contributed by atoms with van der Waals surface area (Å²) in [5.41, 5.74) is 1.91. The Morgan fingerprint density at radius 3 is 2.55 bits per heavy atom. The summed E-state index contributed by atoms with van der Waals surface area (Å²) < 4.78 is 0. The molecule has 118 valence electrons. The van der Waals surface area contributed by atoms with Crippen molar-refractivity contribution in [3.8, 4) is 0 Å². The molecule has 0 aromatic heterocycles. The van der Waals surface area contributed by atoms with Crippen molar-refractivity contribution in [2.24, 2.45) is 5.92 Å². The molecule has 0 saturated carbocycles. The van der Waals surface area contributed by atoms with Gasteiger partial charge < -0.3 is 15.5 Å². The Labute approximate surface area is 137 Å². The number of piperidine rings is 1. The van der Waals surface area contributed by atoms with E-state index in [2.05, 4.69) is 22.1 Å². The van der Waals surface area contributed by atoms with Gasteiger partial charge in [0.15, 0.2) is 5.11 Å². The fourth-order valence-corrected chi connectivity index (χ4v) is 2.70. The van der Waals surface area contributed by atoms with Crippen LogP contribution in [-0.4, -0.2) is 35.6 Å². The first-order chi connectivity index (χ1) is 10.6. The molecule has 1 aromatic carbocycles. The molecule has 1 heterocycles. The summed E-state index contributed by atoms with van der Waals surface area (Å²) in [5, 5.41) is 6.93. The lowest BCUT2D eigenvalue weighted by molar-refractivity contribution is -0.120. The zero-order valence-electron chi connectivity index (χ0n) is 13.0. The normalized spacial score (nSPS) is 15.2. The number of hydrogen-bond donors (Lipinski definition) is 2. The quantitative estimate of drug-likeness (QED) is 0.662. The van der Waals surface area contributed by atoms with Gasteiger partial charge in [-0.15, -0.1) is 0 Å². The third-order valence-electron chi connectivity index (χ3n) is 3.74. The van der Waals surface area contributed by atoms with Gasteiger partial charge in [0.2, 0.25) is 5.91 Å². The van der Waals surface area contributed by atoms with E-state index in [0.29, 0.717) is 6.54 Å². The predicted octanol–water partition coefficient (Wildman–Crippen LogP) is 2.79. The van der Waals surface area contributed by atoms with Gasteiger partial charge in [0.05, 0.1) is 0 Å². The second-order valence-corrected chi connectivity index (χ2v) is 6.12. The van der Waals surface area contributed by atoms with Crippen LogP contribution in [0.4, 0.5) is 5.69 Å². The molecule has 1 aliphatic heterocycles. The van der Waals surface area contributed by atoms with Crippen molar-refractivity contribution >= 4 is 28.9 Å². The molecule has 2 rings (SSSR count). The summed E-state index contributed by atoms with van der Waals surface area (Å²) in [7, 11) is 0. The minimum absolute atomic E-state index is 0.0559. The topological polar surface area (TPSA) is 44.4 Å². The van der Waals surface area contributed by atoms with E-state index in [1.165, 1.54) is 0 Å². The van der Waals surface area contributed by atoms with Crippen LogP contribution >= 0.6 is 12.2 Å². The number of carbonyl (C=O) groups excluding carboxylic acids is 1. The zero-order valence-corrected chi connectivity index (χ0v) is 13.8. The van der Waals surface area contributed by atoms with Crippen molar-refractivity contribution in [1.29, 1.82) is 0 Å². The van der Waals surface area contributed by atoms with Crippen LogP contribution in [0.3, 0.4) is 0 Å². The van der Waals surface area contributed by atoms with Crippen molar-refractivity contribution < 1.29 is 4.79 Å². The number of nitrogens with one attached hydrogen (secondary N) is 2. The molecule has 1 saturated heterocycles. The first-order valence-electron chi connectivity index (χ1n) is 7.59. The van der Waals surface area contributed by atoms with Crippen molar-refractivity contribution in [2.75, 3.05) is 25.0 Å². The number of carbonyl (C=O) groups is 1. The molecular formula is C17H23N3OS. The van der Waals surface area contributed by atoms with Crippen LogP contribution in [-0.2, 0) is 4.79 Å². The smallest absolute Gasteiger partial charge is 0.227 e. The van der Waals surface area contributed by atoms with E-state index < -0.39 is 0 Å². The summed E-state index contributed by atoms with van der Waals surface area (Å²) in [6, 6.07) is 9.59. The maximum absolute atomic E-state index is 12.3. The molecule has 2 N–H and O–H groups in total. The molecule has 1 fully saturated rings. The lowest BCUT2D eigenvalue weighted by atomic mass is 9.96. The second kappa shape index (κ2) is 7.94. The molecule has 0 spiro atoms. The average Bonchev–Trinajstić information content (AvgIpc) is 2.53. The summed E-state index contributed by atoms with van der Waals surface area (Å²) in [6.07, 6.45) is 1.65. The number of benzene rings is 1. The summed E-state index contributed by atoms with van der Waals surface area (Å²) in [4.78, 5) is 14.4. The number of amides is 1. The molecule has 0 atom stereocenters. The highest BCUT2D eigenvalue weighted by atomic mass is 32.1. The Kier molecular flexibility index (Phi) is 5.95. The van der Waals surface area contributed by atoms with Crippen LogP contribution in [0.5, 0.6) is 0 Å². The van der Waals surface area contributed by atoms with Gasteiger partial charge >= 0.3 is 0 Å². The first kappa shape index (κ1) is 16.5. The Balaban J connectivity index is 1.78. The number of hydrogen-bond acceptors (Lipinski definition) is 2. The molecule has 1 aliphatic rings. The standard InChI is InChI=1S/C17H23N3OS/c1-13(2)12-18-17(22)20-10-8-14(9-11-20)16(21)19-15-6-4-3-5-7-15/h3-7,14H,1,8-12H2,2H3,(H,18,22)(H,19,21). The number of thiocarbonyl (C=S) groups is 1. The van der Waals surface area contributed by atoms with Crippen LogP contribution in [0.25, 0.3) is 0 Å². The highest BCUT2D eigenvalue weighted by Gasteiger charge is 2.26. The molecule has 0 radical (unpaired) electrons. The summed E-state index contributed by atoms with van der Waals surface area (Å²) in [6.45, 7) is 8.15. The number of rotatable bonds is 4. The van der Waals surface area contributed by atoms with E-state index >= 15 is 0 Å². The third kappa shape index (κ3) is 4.84. The second-order valence-electron chi connectivity index (χ2n) is 5.73. The van der Waals surface area contributed by atoms with Crippen LogP contribution in [0, 0.1) is 5.92 Å². The molecule has 0 bridgehead atoms. The maximum Gasteiger partial charge on any atom is 0.227 e. The largest absolute Gasteiger partial charge is 0.359 e. The van der Waals surface area contributed by atoms with E-state index in [1.54, 1.807) is 0 Å².